The molecule has 0 bridgehead atoms. The van der Waals surface area contributed by atoms with Gasteiger partial charge in [0, 0.05) is 18.3 Å². The first kappa shape index (κ1) is 22.2. The number of nitrogens with two attached hydrogens (primary N) is 3. The summed E-state index contributed by atoms with van der Waals surface area (Å²) in [7, 11) is 0. The zero-order valence-electron chi connectivity index (χ0n) is 15.3. The number of guanidine groups is 1. The van der Waals surface area contributed by atoms with Gasteiger partial charge < -0.3 is 38.3 Å². The molecular weight excluding hydrogens is 354 g/mol. The van der Waals surface area contributed by atoms with E-state index in [1.165, 1.54) is 18.2 Å². The molecule has 0 spiro atoms. The first-order chi connectivity index (χ1) is 12.6. The van der Waals surface area contributed by atoms with Gasteiger partial charge in [0.2, 0.25) is 5.91 Å². The molecule has 1 atom stereocenters. The van der Waals surface area contributed by atoms with Gasteiger partial charge in [0.15, 0.2) is 5.96 Å². The highest BCUT2D eigenvalue weighted by atomic mass is 16.8. The maximum atomic E-state index is 12.2. The monoisotopic (exact) mass is 380 g/mol. The van der Waals surface area contributed by atoms with Crippen LogP contribution in [0.15, 0.2) is 23.2 Å². The zero-order chi connectivity index (χ0) is 20.6. The molecule has 1 aromatic rings. The van der Waals surface area contributed by atoms with Crippen LogP contribution in [0.1, 0.15) is 37.0 Å². The van der Waals surface area contributed by atoms with Gasteiger partial charge in [-0.05, 0) is 44.9 Å². The quantitative estimate of drug-likeness (QED) is 0.147. The Bertz CT molecular complexity index is 687. The Morgan fingerprint density at radius 1 is 1.33 bits per heavy atom. The number of hydrogen-bond acceptors (Lipinski definition) is 7. The summed E-state index contributed by atoms with van der Waals surface area (Å²) in [6.45, 7) is 3.85. The van der Waals surface area contributed by atoms with E-state index in [9.17, 15) is 20.0 Å². The lowest BCUT2D eigenvalue weighted by atomic mass is 10.1. The van der Waals surface area contributed by atoms with Gasteiger partial charge in [-0.25, -0.2) is 0 Å². The van der Waals surface area contributed by atoms with Gasteiger partial charge in [-0.2, -0.15) is 0 Å². The first-order valence-corrected chi connectivity index (χ1v) is 8.34. The fourth-order valence-electron chi connectivity index (χ4n) is 2.19. The Balaban J connectivity index is 2.83. The van der Waals surface area contributed by atoms with Gasteiger partial charge in [-0.3, -0.25) is 19.8 Å². The number of nitrogens with one attached hydrogen (secondary N) is 2. The average molecular weight is 380 g/mol. The van der Waals surface area contributed by atoms with Crippen molar-refractivity contribution in [1.82, 2.24) is 5.32 Å². The molecule has 0 fully saturated rings. The van der Waals surface area contributed by atoms with Crippen molar-refractivity contribution in [2.45, 2.75) is 38.8 Å². The van der Waals surface area contributed by atoms with E-state index in [-0.39, 0.29) is 28.9 Å². The molecule has 0 aliphatic rings. The van der Waals surface area contributed by atoms with Crippen molar-refractivity contribution in [2.24, 2.45) is 22.2 Å². The zero-order valence-corrected chi connectivity index (χ0v) is 15.3. The highest BCUT2D eigenvalue weighted by Gasteiger charge is 2.17. The minimum absolute atomic E-state index is 0.0309. The third kappa shape index (κ3) is 7.48. The van der Waals surface area contributed by atoms with E-state index < -0.39 is 23.1 Å². The molecule has 9 N–H and O–H groups in total. The minimum atomic E-state index is -0.805. The number of carbonyl (C=O) groups is 2. The summed E-state index contributed by atoms with van der Waals surface area (Å²) in [6, 6.07) is 2.91. The van der Waals surface area contributed by atoms with Crippen molar-refractivity contribution in [3.8, 4) is 0 Å². The first-order valence-electron chi connectivity index (χ1n) is 8.34. The normalized spacial score (nSPS) is 11.6. The summed E-state index contributed by atoms with van der Waals surface area (Å²) in [5.41, 5.74) is 16.2. The lowest BCUT2D eigenvalue weighted by Crippen LogP contribution is -2.36. The third-order valence-electron chi connectivity index (χ3n) is 3.44. The van der Waals surface area contributed by atoms with Gasteiger partial charge in [0.1, 0.15) is 0 Å². The van der Waals surface area contributed by atoms with Crippen LogP contribution in [0.4, 0.5) is 11.4 Å². The number of hydrogen-bond donors (Lipinski definition) is 6. The lowest BCUT2D eigenvalue weighted by molar-refractivity contribution is -0.117. The molecule has 0 saturated heterocycles. The number of nitrogens with zero attached hydrogens (tertiary/aromatic N) is 2. The summed E-state index contributed by atoms with van der Waals surface area (Å²) in [4.78, 5) is 28.2. The maximum Gasteiger partial charge on any atom is 0.253 e. The summed E-state index contributed by atoms with van der Waals surface area (Å²) in [5.74, 6) is -1.06. The molecule has 11 heteroatoms. The number of carbonyl (C=O) groups excluding carboxylic acids is 2. The van der Waals surface area contributed by atoms with E-state index in [1.807, 2.05) is 0 Å². The maximum absolute atomic E-state index is 12.2. The SMILES string of the molecule is CC(C)NC(=O)c1cc(NC(=O)[C@H](N)CCCN=C(N)N)ccc1N([O-])O. The third-order valence-corrected chi connectivity index (χ3v) is 3.44. The largest absolute Gasteiger partial charge is 0.733 e. The Labute approximate surface area is 157 Å². The second kappa shape index (κ2) is 10.3. The Morgan fingerprint density at radius 2 is 2.00 bits per heavy atom. The Hall–Kier alpha value is -2.89. The molecule has 0 unspecified atom stereocenters. The van der Waals surface area contributed by atoms with Crippen LogP contribution in [0.25, 0.3) is 0 Å². The number of aliphatic imine (C=N–C) groups is 1. The predicted molar refractivity (Wildman–Crippen MR) is 103 cm³/mol. The van der Waals surface area contributed by atoms with Crippen molar-refractivity contribution in [3.63, 3.8) is 0 Å². The van der Waals surface area contributed by atoms with E-state index >= 15 is 0 Å². The van der Waals surface area contributed by atoms with Gasteiger partial charge in [-0.15, -0.1) is 0 Å². The van der Waals surface area contributed by atoms with Crippen LogP contribution in [0.2, 0.25) is 0 Å². The van der Waals surface area contributed by atoms with Gasteiger partial charge in [0.05, 0.1) is 17.3 Å². The fourth-order valence-corrected chi connectivity index (χ4v) is 2.19. The summed E-state index contributed by atoms with van der Waals surface area (Å²) >= 11 is 0. The van der Waals surface area contributed by atoms with Crippen LogP contribution in [0, 0.1) is 5.21 Å². The summed E-state index contributed by atoms with van der Waals surface area (Å²) < 4.78 is 0. The molecular formula is C16H26N7O4-. The van der Waals surface area contributed by atoms with Crippen LogP contribution >= 0.6 is 0 Å². The van der Waals surface area contributed by atoms with Crippen LogP contribution < -0.4 is 33.1 Å². The van der Waals surface area contributed by atoms with E-state index in [1.54, 1.807) is 13.8 Å². The fraction of sp³-hybridized carbons (Fsp3) is 0.438. The molecule has 0 radical (unpaired) electrons. The van der Waals surface area contributed by atoms with Gasteiger partial charge in [-0.1, -0.05) is 0 Å². The van der Waals surface area contributed by atoms with Crippen molar-refractivity contribution >= 4 is 29.1 Å². The van der Waals surface area contributed by atoms with E-state index in [4.69, 9.17) is 17.2 Å². The Morgan fingerprint density at radius 3 is 2.56 bits per heavy atom. The summed E-state index contributed by atoms with van der Waals surface area (Å²) in [5, 5.41) is 25.2. The van der Waals surface area contributed by atoms with Crippen molar-refractivity contribution in [3.05, 3.63) is 29.0 Å². The molecule has 1 rings (SSSR count). The van der Waals surface area contributed by atoms with Crippen LogP contribution in [0.5, 0.6) is 0 Å². The number of amides is 2. The molecule has 0 saturated carbocycles. The highest BCUT2D eigenvalue weighted by Crippen LogP contribution is 2.23. The molecule has 1 aromatic carbocycles. The molecule has 0 aromatic heterocycles. The van der Waals surface area contributed by atoms with Crippen LogP contribution in [0.3, 0.4) is 0 Å². The number of benzene rings is 1. The molecule has 0 aliphatic heterocycles. The minimum Gasteiger partial charge on any atom is -0.733 e. The second-order valence-electron chi connectivity index (χ2n) is 6.18. The smallest absolute Gasteiger partial charge is 0.253 e. The molecule has 2 amide bonds. The van der Waals surface area contributed by atoms with Crippen LogP contribution in [-0.2, 0) is 4.79 Å². The molecule has 0 aliphatic carbocycles. The molecule has 11 nitrogen and oxygen atoms in total. The topological polar surface area (TPSA) is 195 Å². The Kier molecular flexibility index (Phi) is 8.45. The van der Waals surface area contributed by atoms with Crippen molar-refractivity contribution in [2.75, 3.05) is 17.1 Å². The lowest BCUT2D eigenvalue weighted by Gasteiger charge is -2.25. The van der Waals surface area contributed by atoms with Crippen LogP contribution in [-0.4, -0.2) is 41.6 Å². The number of rotatable bonds is 9. The van der Waals surface area contributed by atoms with E-state index in [0.29, 0.717) is 19.4 Å². The number of anilines is 2. The van der Waals surface area contributed by atoms with Gasteiger partial charge in [0.25, 0.3) is 5.91 Å². The van der Waals surface area contributed by atoms with Gasteiger partial charge >= 0.3 is 0 Å². The second-order valence-corrected chi connectivity index (χ2v) is 6.18. The molecule has 0 heterocycles. The summed E-state index contributed by atoms with van der Waals surface area (Å²) in [6.07, 6.45) is 0.871. The van der Waals surface area contributed by atoms with E-state index in [0.717, 1.165) is 0 Å². The van der Waals surface area contributed by atoms with Crippen molar-refractivity contribution < 1.29 is 14.8 Å². The average Bonchev–Trinajstić information content (AvgIpc) is 2.57. The van der Waals surface area contributed by atoms with E-state index in [2.05, 4.69) is 15.6 Å². The predicted octanol–water partition coefficient (Wildman–Crippen LogP) is -0.162. The standard InChI is InChI=1S/C16H26N7O4/c1-9(2)21-14(24)11-8-10(5-6-13(11)23(26)27)22-15(25)12(17)4-3-7-20-16(18)19/h5-6,8-9,12,26H,3-4,7,17H2,1-2H3,(H,21,24)(H,22,25)(H4,18,19,20)/q-1/t12-/m1/s1. The molecule has 150 valence electrons. The van der Waals surface area contributed by atoms with Crippen molar-refractivity contribution in [1.29, 1.82) is 0 Å². The highest BCUT2D eigenvalue weighted by molar-refractivity contribution is 6.02. The molecule has 27 heavy (non-hydrogen) atoms.